The van der Waals surface area contributed by atoms with Crippen LogP contribution in [0.1, 0.15) is 37.7 Å². The predicted octanol–water partition coefficient (Wildman–Crippen LogP) is 2.05. The number of hydrogen-bond acceptors (Lipinski definition) is 7. The lowest BCUT2D eigenvalue weighted by Gasteiger charge is -2.30. The maximum atomic E-state index is 10.8. The summed E-state index contributed by atoms with van der Waals surface area (Å²) in [5, 5.41) is 20.1. The fourth-order valence-electron chi connectivity index (χ4n) is 3.67. The topological polar surface area (TPSA) is 96.5 Å². The van der Waals surface area contributed by atoms with Crippen LogP contribution in [0.15, 0.2) is 43.0 Å². The molecular weight excluding hydrogens is 358 g/mol. The molecule has 1 aromatic carbocycles. The number of ether oxygens (including phenoxy) is 1. The van der Waals surface area contributed by atoms with Crippen molar-refractivity contribution in [1.29, 1.82) is 0 Å². The average Bonchev–Trinajstić information content (AvgIpc) is 3.39. The summed E-state index contributed by atoms with van der Waals surface area (Å²) in [6.07, 6.45) is 3.82. The van der Waals surface area contributed by atoms with Gasteiger partial charge in [0.25, 0.3) is 0 Å². The first-order valence-corrected chi connectivity index (χ1v) is 9.50. The van der Waals surface area contributed by atoms with Crippen molar-refractivity contribution in [2.24, 2.45) is 0 Å². The average molecular weight is 383 g/mol. The third kappa shape index (κ3) is 3.34. The molecule has 4 rings (SSSR count). The normalized spacial score (nSPS) is 21.7. The van der Waals surface area contributed by atoms with E-state index >= 15 is 0 Å². The van der Waals surface area contributed by atoms with E-state index in [0.717, 1.165) is 18.4 Å². The van der Waals surface area contributed by atoms with Gasteiger partial charge in [0.1, 0.15) is 12.6 Å². The minimum Gasteiger partial charge on any atom is -0.394 e. The van der Waals surface area contributed by atoms with E-state index in [1.807, 2.05) is 53.8 Å². The van der Waals surface area contributed by atoms with Crippen molar-refractivity contribution < 1.29 is 14.9 Å². The number of rotatable bonds is 6. The molecule has 1 aliphatic heterocycles. The molecule has 1 saturated heterocycles. The minimum atomic E-state index is -0.665. The van der Waals surface area contributed by atoms with Crippen molar-refractivity contribution in [2.45, 2.75) is 44.2 Å². The zero-order valence-electron chi connectivity index (χ0n) is 16.0. The molecule has 148 valence electrons. The van der Waals surface area contributed by atoms with Gasteiger partial charge in [0.2, 0.25) is 0 Å². The summed E-state index contributed by atoms with van der Waals surface area (Å²) >= 11 is 0. The lowest BCUT2D eigenvalue weighted by molar-refractivity contribution is -0.0207. The van der Waals surface area contributed by atoms with E-state index in [0.29, 0.717) is 17.0 Å². The van der Waals surface area contributed by atoms with Gasteiger partial charge < -0.3 is 19.8 Å². The molecule has 2 aromatic heterocycles. The highest BCUT2D eigenvalue weighted by molar-refractivity contribution is 5.83. The highest BCUT2D eigenvalue weighted by atomic mass is 16.5. The van der Waals surface area contributed by atoms with E-state index < -0.39 is 6.10 Å². The lowest BCUT2D eigenvalue weighted by atomic mass is 10.0. The maximum Gasteiger partial charge on any atom is 0.167 e. The first-order valence-electron chi connectivity index (χ1n) is 9.50. The summed E-state index contributed by atoms with van der Waals surface area (Å²) in [5.74, 6) is 0.655. The molecule has 8 nitrogen and oxygen atoms in total. The van der Waals surface area contributed by atoms with Crippen LogP contribution in [0, 0.1) is 0 Å². The quantitative estimate of drug-likeness (QED) is 0.672. The van der Waals surface area contributed by atoms with E-state index in [2.05, 4.69) is 15.0 Å². The molecule has 1 fully saturated rings. The van der Waals surface area contributed by atoms with Gasteiger partial charge in [-0.25, -0.2) is 15.0 Å². The monoisotopic (exact) mass is 383 g/mol. The molecule has 0 bridgehead atoms. The van der Waals surface area contributed by atoms with Crippen LogP contribution in [-0.4, -0.2) is 55.5 Å². The van der Waals surface area contributed by atoms with Crippen LogP contribution in [0.4, 0.5) is 5.82 Å². The SMILES string of the molecule is CC(C(O)c1ccccc1)N(C)c1ncnc2c1ncn2C1CCC(CO)O1. The molecule has 4 atom stereocenters. The number of aliphatic hydroxyl groups is 2. The second-order valence-corrected chi connectivity index (χ2v) is 7.20. The molecule has 1 aliphatic rings. The van der Waals surface area contributed by atoms with E-state index in [1.54, 1.807) is 6.33 Å². The Morgan fingerprint density at radius 2 is 2.00 bits per heavy atom. The Labute approximate surface area is 163 Å². The van der Waals surface area contributed by atoms with Gasteiger partial charge in [-0.3, -0.25) is 4.57 Å². The van der Waals surface area contributed by atoms with Gasteiger partial charge >= 0.3 is 0 Å². The summed E-state index contributed by atoms with van der Waals surface area (Å²) in [4.78, 5) is 15.3. The molecule has 0 aliphatic carbocycles. The summed E-state index contributed by atoms with van der Waals surface area (Å²) in [6, 6.07) is 9.36. The number of hydrogen-bond donors (Lipinski definition) is 2. The highest BCUT2D eigenvalue weighted by Gasteiger charge is 2.29. The summed E-state index contributed by atoms with van der Waals surface area (Å²) in [5.41, 5.74) is 2.20. The smallest absolute Gasteiger partial charge is 0.167 e. The van der Waals surface area contributed by atoms with Gasteiger partial charge in [-0.2, -0.15) is 0 Å². The van der Waals surface area contributed by atoms with Crippen molar-refractivity contribution in [3.63, 3.8) is 0 Å². The number of fused-ring (bicyclic) bond motifs is 1. The molecule has 0 amide bonds. The molecule has 28 heavy (non-hydrogen) atoms. The molecule has 3 aromatic rings. The molecule has 0 saturated carbocycles. The van der Waals surface area contributed by atoms with Crippen molar-refractivity contribution in [3.05, 3.63) is 48.5 Å². The van der Waals surface area contributed by atoms with Crippen LogP contribution in [0.25, 0.3) is 11.2 Å². The number of imidazole rings is 1. The van der Waals surface area contributed by atoms with Gasteiger partial charge in [-0.15, -0.1) is 0 Å². The first-order chi connectivity index (χ1) is 13.6. The Morgan fingerprint density at radius 1 is 1.21 bits per heavy atom. The standard InChI is InChI=1S/C20H25N5O3/c1-13(18(27)14-6-4-3-5-7-14)24(2)19-17-20(22-11-21-19)25(12-23-17)16-9-8-15(10-26)28-16/h3-7,11-13,15-16,18,26-27H,8-10H2,1-2H3. The summed E-state index contributed by atoms with van der Waals surface area (Å²) in [6.45, 7) is 1.97. The Kier molecular flexibility index (Phi) is 5.25. The molecule has 8 heteroatoms. The molecule has 4 unspecified atom stereocenters. The van der Waals surface area contributed by atoms with E-state index in [4.69, 9.17) is 4.74 Å². The second-order valence-electron chi connectivity index (χ2n) is 7.20. The van der Waals surface area contributed by atoms with Crippen molar-refractivity contribution in [3.8, 4) is 0 Å². The van der Waals surface area contributed by atoms with Crippen LogP contribution in [0.5, 0.6) is 0 Å². The number of benzene rings is 1. The Bertz CT molecular complexity index is 932. The largest absolute Gasteiger partial charge is 0.394 e. The van der Waals surface area contributed by atoms with E-state index in [9.17, 15) is 10.2 Å². The highest BCUT2D eigenvalue weighted by Crippen LogP contribution is 2.32. The van der Waals surface area contributed by atoms with Crippen molar-refractivity contribution in [1.82, 2.24) is 19.5 Å². The summed E-state index contributed by atoms with van der Waals surface area (Å²) in [7, 11) is 1.89. The minimum absolute atomic E-state index is 0.0149. The fraction of sp³-hybridized carbons (Fsp3) is 0.450. The van der Waals surface area contributed by atoms with E-state index in [-0.39, 0.29) is 25.0 Å². The Balaban J connectivity index is 1.62. The van der Waals surface area contributed by atoms with Crippen molar-refractivity contribution >= 4 is 17.0 Å². The lowest BCUT2D eigenvalue weighted by Crippen LogP contribution is -2.35. The molecular formula is C20H25N5O3. The summed E-state index contributed by atoms with van der Waals surface area (Å²) < 4.78 is 7.76. The number of aromatic nitrogens is 4. The molecule has 3 heterocycles. The fourth-order valence-corrected chi connectivity index (χ4v) is 3.67. The number of nitrogens with zero attached hydrogens (tertiary/aromatic N) is 5. The third-order valence-corrected chi connectivity index (χ3v) is 5.48. The van der Waals surface area contributed by atoms with Crippen LogP contribution in [-0.2, 0) is 4.74 Å². The van der Waals surface area contributed by atoms with Gasteiger partial charge in [0.05, 0.1) is 31.2 Å². The maximum absolute atomic E-state index is 10.8. The van der Waals surface area contributed by atoms with Crippen LogP contribution in [0.2, 0.25) is 0 Å². The number of aliphatic hydroxyl groups excluding tert-OH is 2. The van der Waals surface area contributed by atoms with Gasteiger partial charge in [0, 0.05) is 7.05 Å². The van der Waals surface area contributed by atoms with Gasteiger partial charge in [-0.1, -0.05) is 30.3 Å². The van der Waals surface area contributed by atoms with E-state index in [1.165, 1.54) is 6.33 Å². The zero-order valence-corrected chi connectivity index (χ0v) is 16.0. The third-order valence-electron chi connectivity index (χ3n) is 5.48. The Hall–Kier alpha value is -2.55. The van der Waals surface area contributed by atoms with Gasteiger partial charge in [0.15, 0.2) is 17.0 Å². The first kappa shape index (κ1) is 18.8. The second kappa shape index (κ2) is 7.83. The molecule has 2 N–H and O–H groups in total. The van der Waals surface area contributed by atoms with Gasteiger partial charge in [-0.05, 0) is 25.3 Å². The van der Waals surface area contributed by atoms with Crippen molar-refractivity contribution in [2.75, 3.05) is 18.6 Å². The van der Waals surface area contributed by atoms with Crippen LogP contribution >= 0.6 is 0 Å². The molecule has 0 radical (unpaired) electrons. The predicted molar refractivity (Wildman–Crippen MR) is 105 cm³/mol. The number of anilines is 1. The Morgan fingerprint density at radius 3 is 2.71 bits per heavy atom. The molecule has 0 spiro atoms. The zero-order chi connectivity index (χ0) is 19.7. The van der Waals surface area contributed by atoms with Crippen LogP contribution in [0.3, 0.4) is 0 Å². The van der Waals surface area contributed by atoms with Crippen LogP contribution < -0.4 is 4.90 Å². The number of likely N-dealkylation sites (N-methyl/N-ethyl adjacent to an activating group) is 1.